The molecule has 0 atom stereocenters. The number of aryl methyl sites for hydroxylation is 2. The molecule has 1 heterocycles. The van der Waals surface area contributed by atoms with Crippen molar-refractivity contribution in [1.82, 2.24) is 5.32 Å². The minimum absolute atomic E-state index is 0.220. The molecule has 1 fully saturated rings. The summed E-state index contributed by atoms with van der Waals surface area (Å²) in [5.74, 6) is -0.684. The number of hydrogen-bond acceptors (Lipinski definition) is 7. The standard InChI is InChI=1S/C32H32BrN3O7/c1-5-13-42-27-12-10-22(17-28(27)41-6-2)36-31(39)23(30(38)35-32(36)40)15-21-9-11-26(24(33)16-21)43-18-29(37)34-25-14-19(3)7-8-20(25)4/h7-12,14-17H,5-6,13,18H2,1-4H3,(H,34,37)(H,35,38,40)/b23-15+. The van der Waals surface area contributed by atoms with E-state index in [4.69, 9.17) is 14.2 Å². The molecule has 0 aromatic heterocycles. The van der Waals surface area contributed by atoms with Crippen LogP contribution in [0.5, 0.6) is 17.2 Å². The Morgan fingerprint density at radius 2 is 1.70 bits per heavy atom. The number of nitrogens with zero attached hydrogens (tertiary/aromatic N) is 1. The molecule has 1 aliphatic heterocycles. The SMILES string of the molecule is CCCOc1ccc(N2C(=O)NC(=O)/C(=C\c3ccc(OCC(=O)Nc4cc(C)ccc4C)c(Br)c3)C2=O)cc1OCC. The van der Waals surface area contributed by atoms with Crippen LogP contribution in [-0.2, 0) is 14.4 Å². The minimum Gasteiger partial charge on any atom is -0.490 e. The Hall–Kier alpha value is -4.64. The van der Waals surface area contributed by atoms with Crippen LogP contribution in [0.1, 0.15) is 37.0 Å². The monoisotopic (exact) mass is 649 g/mol. The molecule has 5 amide bonds. The Morgan fingerprint density at radius 1 is 0.930 bits per heavy atom. The van der Waals surface area contributed by atoms with Gasteiger partial charge in [-0.25, -0.2) is 9.69 Å². The third-order valence-electron chi connectivity index (χ3n) is 6.34. The lowest BCUT2D eigenvalue weighted by atomic mass is 10.1. The molecule has 0 bridgehead atoms. The molecule has 2 N–H and O–H groups in total. The summed E-state index contributed by atoms with van der Waals surface area (Å²) in [4.78, 5) is 52.2. The van der Waals surface area contributed by atoms with Crippen LogP contribution < -0.4 is 29.7 Å². The zero-order valence-electron chi connectivity index (χ0n) is 24.3. The number of benzene rings is 3. The van der Waals surface area contributed by atoms with Crippen LogP contribution in [-0.4, -0.2) is 43.6 Å². The number of halogens is 1. The number of amides is 5. The maximum atomic E-state index is 13.4. The van der Waals surface area contributed by atoms with E-state index in [9.17, 15) is 19.2 Å². The van der Waals surface area contributed by atoms with Crippen molar-refractivity contribution in [2.45, 2.75) is 34.1 Å². The lowest BCUT2D eigenvalue weighted by Crippen LogP contribution is -2.54. The first-order valence-electron chi connectivity index (χ1n) is 13.7. The van der Waals surface area contributed by atoms with Gasteiger partial charge in [0.2, 0.25) is 0 Å². The normalized spacial score (nSPS) is 14.0. The molecule has 43 heavy (non-hydrogen) atoms. The molecule has 224 valence electrons. The number of imide groups is 2. The first-order chi connectivity index (χ1) is 20.6. The van der Waals surface area contributed by atoms with Gasteiger partial charge < -0.3 is 19.5 Å². The molecule has 0 saturated carbocycles. The van der Waals surface area contributed by atoms with Crippen molar-refractivity contribution >= 4 is 57.1 Å². The van der Waals surface area contributed by atoms with Gasteiger partial charge in [0.15, 0.2) is 18.1 Å². The zero-order chi connectivity index (χ0) is 31.1. The molecular formula is C32H32BrN3O7. The predicted molar refractivity (Wildman–Crippen MR) is 167 cm³/mol. The van der Waals surface area contributed by atoms with Crippen molar-refractivity contribution in [3.05, 3.63) is 81.3 Å². The van der Waals surface area contributed by atoms with Crippen molar-refractivity contribution in [2.75, 3.05) is 30.0 Å². The minimum atomic E-state index is -0.874. The number of carbonyl (C=O) groups is 4. The Morgan fingerprint density at radius 3 is 2.42 bits per heavy atom. The Bertz CT molecular complexity index is 1600. The number of nitrogens with one attached hydrogen (secondary N) is 2. The number of carbonyl (C=O) groups excluding carboxylic acids is 4. The highest BCUT2D eigenvalue weighted by atomic mass is 79.9. The Labute approximate surface area is 258 Å². The maximum Gasteiger partial charge on any atom is 0.335 e. The molecule has 0 aliphatic carbocycles. The summed E-state index contributed by atoms with van der Waals surface area (Å²) in [7, 11) is 0. The first kappa shape index (κ1) is 31.3. The summed E-state index contributed by atoms with van der Waals surface area (Å²) in [6.45, 7) is 8.23. The maximum absolute atomic E-state index is 13.4. The number of barbiturate groups is 1. The van der Waals surface area contributed by atoms with Crippen LogP contribution in [0.2, 0.25) is 0 Å². The highest BCUT2D eigenvalue weighted by Crippen LogP contribution is 2.34. The van der Waals surface area contributed by atoms with E-state index in [1.165, 1.54) is 12.1 Å². The number of rotatable bonds is 11. The molecule has 0 unspecified atom stereocenters. The average molecular weight is 651 g/mol. The molecular weight excluding hydrogens is 618 g/mol. The van der Waals surface area contributed by atoms with Gasteiger partial charge in [0, 0.05) is 11.8 Å². The number of ether oxygens (including phenoxy) is 3. The highest BCUT2D eigenvalue weighted by Gasteiger charge is 2.37. The molecule has 4 rings (SSSR count). The third kappa shape index (κ3) is 7.61. The van der Waals surface area contributed by atoms with Crippen molar-refractivity contribution in [2.24, 2.45) is 0 Å². The van der Waals surface area contributed by atoms with E-state index in [0.717, 1.165) is 22.4 Å². The molecule has 1 aliphatic rings. The summed E-state index contributed by atoms with van der Waals surface area (Å²) in [5, 5.41) is 5.06. The van der Waals surface area contributed by atoms with Crippen molar-refractivity contribution < 1.29 is 33.4 Å². The number of urea groups is 1. The largest absolute Gasteiger partial charge is 0.490 e. The van der Waals surface area contributed by atoms with E-state index in [-0.39, 0.29) is 23.8 Å². The van der Waals surface area contributed by atoms with E-state index in [1.807, 2.05) is 45.9 Å². The first-order valence-corrected chi connectivity index (χ1v) is 14.5. The summed E-state index contributed by atoms with van der Waals surface area (Å²) >= 11 is 3.42. The van der Waals surface area contributed by atoms with Crippen LogP contribution in [0, 0.1) is 13.8 Å². The lowest BCUT2D eigenvalue weighted by molar-refractivity contribution is -0.122. The summed E-state index contributed by atoms with van der Waals surface area (Å²) in [6, 6.07) is 14.5. The molecule has 0 spiro atoms. The number of hydrogen-bond donors (Lipinski definition) is 2. The van der Waals surface area contributed by atoms with Gasteiger partial charge in [-0.2, -0.15) is 0 Å². The predicted octanol–water partition coefficient (Wildman–Crippen LogP) is 5.94. The van der Waals surface area contributed by atoms with E-state index in [0.29, 0.717) is 46.2 Å². The van der Waals surface area contributed by atoms with Crippen LogP contribution in [0.3, 0.4) is 0 Å². The molecule has 3 aromatic carbocycles. The zero-order valence-corrected chi connectivity index (χ0v) is 25.9. The second-order valence-electron chi connectivity index (χ2n) is 9.72. The molecule has 3 aromatic rings. The smallest absolute Gasteiger partial charge is 0.335 e. The molecule has 11 heteroatoms. The summed E-state index contributed by atoms with van der Waals surface area (Å²) in [6.07, 6.45) is 2.17. The van der Waals surface area contributed by atoms with Crippen LogP contribution in [0.4, 0.5) is 16.2 Å². The van der Waals surface area contributed by atoms with E-state index in [1.54, 1.807) is 30.3 Å². The van der Waals surface area contributed by atoms with Gasteiger partial charge in [-0.15, -0.1) is 0 Å². The van der Waals surface area contributed by atoms with E-state index < -0.39 is 17.8 Å². The fourth-order valence-electron chi connectivity index (χ4n) is 4.22. The third-order valence-corrected chi connectivity index (χ3v) is 6.96. The van der Waals surface area contributed by atoms with Gasteiger partial charge in [0.1, 0.15) is 11.3 Å². The fraction of sp³-hybridized carbons (Fsp3) is 0.250. The second kappa shape index (κ2) is 14.0. The molecule has 0 radical (unpaired) electrons. The van der Waals surface area contributed by atoms with Gasteiger partial charge in [-0.05, 0) is 96.2 Å². The lowest BCUT2D eigenvalue weighted by Gasteiger charge is -2.27. The van der Waals surface area contributed by atoms with Gasteiger partial charge in [-0.3, -0.25) is 19.7 Å². The van der Waals surface area contributed by atoms with Gasteiger partial charge >= 0.3 is 6.03 Å². The van der Waals surface area contributed by atoms with Crippen LogP contribution >= 0.6 is 15.9 Å². The van der Waals surface area contributed by atoms with Crippen LogP contribution in [0.15, 0.2) is 64.6 Å². The highest BCUT2D eigenvalue weighted by molar-refractivity contribution is 9.10. The summed E-state index contributed by atoms with van der Waals surface area (Å²) in [5.41, 5.74) is 3.15. The molecule has 1 saturated heterocycles. The van der Waals surface area contributed by atoms with Crippen LogP contribution in [0.25, 0.3) is 6.08 Å². The van der Waals surface area contributed by atoms with E-state index in [2.05, 4.69) is 26.6 Å². The van der Waals surface area contributed by atoms with Gasteiger partial charge in [0.05, 0.1) is 23.4 Å². The van der Waals surface area contributed by atoms with Crippen molar-refractivity contribution in [3.8, 4) is 17.2 Å². The Kier molecular flexibility index (Phi) is 10.2. The quantitative estimate of drug-likeness (QED) is 0.195. The fourth-order valence-corrected chi connectivity index (χ4v) is 4.73. The average Bonchev–Trinajstić information content (AvgIpc) is 2.96. The van der Waals surface area contributed by atoms with Gasteiger partial charge in [0.25, 0.3) is 17.7 Å². The topological polar surface area (TPSA) is 123 Å². The molecule has 10 nitrogen and oxygen atoms in total. The number of anilines is 2. The summed E-state index contributed by atoms with van der Waals surface area (Å²) < 4.78 is 17.6. The van der Waals surface area contributed by atoms with Crippen molar-refractivity contribution in [1.29, 1.82) is 0 Å². The van der Waals surface area contributed by atoms with Crippen molar-refractivity contribution in [3.63, 3.8) is 0 Å². The van der Waals surface area contributed by atoms with E-state index >= 15 is 0 Å². The Balaban J connectivity index is 1.50. The second-order valence-corrected chi connectivity index (χ2v) is 10.6. The van der Waals surface area contributed by atoms with Gasteiger partial charge in [-0.1, -0.05) is 25.1 Å².